The van der Waals surface area contributed by atoms with Crippen LogP contribution in [0.5, 0.6) is 0 Å². The molecular formula is C23H18BrN3O4. The first-order valence-electron chi connectivity index (χ1n) is 9.53. The highest BCUT2D eigenvalue weighted by Crippen LogP contribution is 2.23. The molecule has 0 unspecified atom stereocenters. The first-order chi connectivity index (χ1) is 14.8. The van der Waals surface area contributed by atoms with Gasteiger partial charge < -0.3 is 9.52 Å². The van der Waals surface area contributed by atoms with Crippen LogP contribution in [0.15, 0.2) is 73.4 Å². The smallest absolute Gasteiger partial charge is 0.335 e. The predicted octanol–water partition coefficient (Wildman–Crippen LogP) is 5.12. The number of aromatic nitrogens is 2. The van der Waals surface area contributed by atoms with E-state index in [0.29, 0.717) is 33.8 Å². The van der Waals surface area contributed by atoms with Crippen LogP contribution in [0.1, 0.15) is 41.7 Å². The molecule has 8 heteroatoms. The molecule has 0 radical (unpaired) electrons. The Labute approximate surface area is 185 Å². The lowest BCUT2D eigenvalue weighted by Gasteiger charge is -2.11. The summed E-state index contributed by atoms with van der Waals surface area (Å²) in [5, 5.41) is 14.0. The third-order valence-corrected chi connectivity index (χ3v) is 5.16. The highest BCUT2D eigenvalue weighted by molar-refractivity contribution is 9.10. The minimum Gasteiger partial charge on any atom is -0.478 e. The van der Waals surface area contributed by atoms with Gasteiger partial charge in [-0.15, -0.1) is 0 Å². The molecule has 4 rings (SSSR count). The van der Waals surface area contributed by atoms with Gasteiger partial charge in [0.25, 0.3) is 5.56 Å². The molecule has 2 heterocycles. The summed E-state index contributed by atoms with van der Waals surface area (Å²) in [6.07, 6.45) is 1.45. The molecule has 0 aliphatic carbocycles. The quantitative estimate of drug-likeness (QED) is 0.400. The molecule has 0 fully saturated rings. The Morgan fingerprint density at radius 2 is 2.00 bits per heavy atom. The maximum Gasteiger partial charge on any atom is 0.335 e. The van der Waals surface area contributed by atoms with Gasteiger partial charge in [0.05, 0.1) is 22.7 Å². The predicted molar refractivity (Wildman–Crippen MR) is 122 cm³/mol. The molecule has 2 aromatic heterocycles. The number of hydrogen-bond donors (Lipinski definition) is 1. The molecule has 0 spiro atoms. The molecule has 31 heavy (non-hydrogen) atoms. The van der Waals surface area contributed by atoms with Crippen molar-refractivity contribution in [2.75, 3.05) is 0 Å². The first kappa shape index (κ1) is 20.7. The number of carboxylic acids is 1. The topological polar surface area (TPSA) is 97.7 Å². The van der Waals surface area contributed by atoms with Crippen LogP contribution in [0.25, 0.3) is 22.2 Å². The van der Waals surface area contributed by atoms with Gasteiger partial charge in [-0.05, 0) is 42.5 Å². The minimum absolute atomic E-state index is 0.0242. The maximum atomic E-state index is 13.1. The lowest BCUT2D eigenvalue weighted by atomic mass is 10.1. The second-order valence-electron chi connectivity index (χ2n) is 7.24. The highest BCUT2D eigenvalue weighted by Gasteiger charge is 2.14. The molecule has 156 valence electrons. The van der Waals surface area contributed by atoms with Crippen molar-refractivity contribution in [1.82, 2.24) is 9.66 Å². The molecule has 4 aromatic rings. The van der Waals surface area contributed by atoms with Gasteiger partial charge in [-0.1, -0.05) is 41.9 Å². The Hall–Kier alpha value is -3.52. The van der Waals surface area contributed by atoms with Crippen molar-refractivity contribution in [3.8, 4) is 11.3 Å². The van der Waals surface area contributed by atoms with Gasteiger partial charge in [0.2, 0.25) is 0 Å². The SMILES string of the molecule is CC(C)c1nc2ccc(Br)cc2c(=O)n1N=Cc1ccc(-c2cccc(C(=O)O)c2)o1. The molecule has 2 aromatic carbocycles. The van der Waals surface area contributed by atoms with E-state index in [0.717, 1.165) is 4.47 Å². The second-order valence-corrected chi connectivity index (χ2v) is 8.15. The summed E-state index contributed by atoms with van der Waals surface area (Å²) >= 11 is 3.39. The number of furan rings is 1. The van der Waals surface area contributed by atoms with Crippen LogP contribution in [-0.2, 0) is 0 Å². The highest BCUT2D eigenvalue weighted by atomic mass is 79.9. The third-order valence-electron chi connectivity index (χ3n) is 4.67. The van der Waals surface area contributed by atoms with Crippen molar-refractivity contribution < 1.29 is 14.3 Å². The summed E-state index contributed by atoms with van der Waals surface area (Å²) < 4.78 is 7.86. The van der Waals surface area contributed by atoms with Gasteiger partial charge in [-0.25, -0.2) is 9.78 Å². The second kappa shape index (κ2) is 8.31. The number of benzene rings is 2. The Balaban J connectivity index is 1.73. The number of carbonyl (C=O) groups is 1. The fourth-order valence-corrected chi connectivity index (χ4v) is 3.51. The molecule has 0 aliphatic rings. The molecular weight excluding hydrogens is 462 g/mol. The van der Waals surface area contributed by atoms with Crippen LogP contribution in [0, 0.1) is 0 Å². The summed E-state index contributed by atoms with van der Waals surface area (Å²) in [5.41, 5.74) is 1.15. The number of halogens is 1. The van der Waals surface area contributed by atoms with Crippen molar-refractivity contribution in [2.45, 2.75) is 19.8 Å². The van der Waals surface area contributed by atoms with Gasteiger partial charge in [0.1, 0.15) is 17.3 Å². The molecule has 0 saturated heterocycles. The largest absolute Gasteiger partial charge is 0.478 e. The van der Waals surface area contributed by atoms with Crippen LogP contribution >= 0.6 is 15.9 Å². The zero-order valence-electron chi connectivity index (χ0n) is 16.7. The Bertz CT molecular complexity index is 1390. The lowest BCUT2D eigenvalue weighted by molar-refractivity contribution is 0.0697. The molecule has 0 atom stereocenters. The van der Waals surface area contributed by atoms with Gasteiger partial charge >= 0.3 is 5.97 Å². The first-order valence-corrected chi connectivity index (χ1v) is 10.3. The number of nitrogens with zero attached hydrogens (tertiary/aromatic N) is 3. The van der Waals surface area contributed by atoms with E-state index in [2.05, 4.69) is 26.0 Å². The van der Waals surface area contributed by atoms with Gasteiger partial charge in [-0.2, -0.15) is 9.78 Å². The number of hydrogen-bond acceptors (Lipinski definition) is 5. The van der Waals surface area contributed by atoms with Crippen molar-refractivity contribution in [3.63, 3.8) is 0 Å². The van der Waals surface area contributed by atoms with Crippen molar-refractivity contribution >= 4 is 39.0 Å². The summed E-state index contributed by atoms with van der Waals surface area (Å²) in [6, 6.07) is 15.3. The van der Waals surface area contributed by atoms with E-state index in [1.54, 1.807) is 36.4 Å². The number of fused-ring (bicyclic) bond motifs is 1. The summed E-state index contributed by atoms with van der Waals surface area (Å²) in [4.78, 5) is 28.9. The number of aromatic carboxylic acids is 1. The van der Waals surface area contributed by atoms with Crippen LogP contribution in [0.2, 0.25) is 0 Å². The van der Waals surface area contributed by atoms with Gasteiger partial charge in [-0.3, -0.25) is 4.79 Å². The van der Waals surface area contributed by atoms with Crippen LogP contribution in [0.4, 0.5) is 0 Å². The Kier molecular flexibility index (Phi) is 5.56. The van der Waals surface area contributed by atoms with Gasteiger partial charge in [0, 0.05) is 16.0 Å². The molecule has 0 amide bonds. The summed E-state index contributed by atoms with van der Waals surface area (Å²) in [5.74, 6) is 0.431. The molecule has 1 N–H and O–H groups in total. The molecule has 0 aliphatic heterocycles. The third kappa shape index (κ3) is 4.20. The lowest BCUT2D eigenvalue weighted by Crippen LogP contribution is -2.23. The molecule has 0 bridgehead atoms. The van der Waals surface area contributed by atoms with E-state index in [4.69, 9.17) is 9.52 Å². The fourth-order valence-electron chi connectivity index (χ4n) is 3.15. The molecule has 7 nitrogen and oxygen atoms in total. The average molecular weight is 480 g/mol. The Morgan fingerprint density at radius 1 is 1.19 bits per heavy atom. The minimum atomic E-state index is -1.01. The van der Waals surface area contributed by atoms with E-state index >= 15 is 0 Å². The normalized spacial score (nSPS) is 11.6. The maximum absolute atomic E-state index is 13.1. The van der Waals surface area contributed by atoms with Crippen molar-refractivity contribution in [1.29, 1.82) is 0 Å². The number of carboxylic acid groups (broad SMARTS) is 1. The van der Waals surface area contributed by atoms with E-state index < -0.39 is 5.97 Å². The van der Waals surface area contributed by atoms with E-state index in [1.807, 2.05) is 19.9 Å². The van der Waals surface area contributed by atoms with Crippen LogP contribution in [0.3, 0.4) is 0 Å². The zero-order chi connectivity index (χ0) is 22.1. The van der Waals surface area contributed by atoms with E-state index in [9.17, 15) is 9.59 Å². The average Bonchev–Trinajstić information content (AvgIpc) is 3.22. The zero-order valence-corrected chi connectivity index (χ0v) is 18.3. The number of rotatable bonds is 5. The molecule has 0 saturated carbocycles. The van der Waals surface area contributed by atoms with Crippen molar-refractivity contribution in [2.24, 2.45) is 5.10 Å². The summed E-state index contributed by atoms with van der Waals surface area (Å²) in [7, 11) is 0. The van der Waals surface area contributed by atoms with Crippen molar-refractivity contribution in [3.05, 3.63) is 86.6 Å². The standard InChI is InChI=1S/C23H18BrN3O4/c1-13(2)21-26-19-8-6-16(24)11-18(19)22(28)27(21)25-12-17-7-9-20(31-17)14-4-3-5-15(10-14)23(29)30/h3-13H,1-2H3,(H,29,30). The van der Waals surface area contributed by atoms with Crippen LogP contribution in [-0.4, -0.2) is 27.0 Å². The van der Waals surface area contributed by atoms with E-state index in [1.165, 1.54) is 23.0 Å². The van der Waals surface area contributed by atoms with E-state index in [-0.39, 0.29) is 17.0 Å². The summed E-state index contributed by atoms with van der Waals surface area (Å²) in [6.45, 7) is 3.89. The van der Waals surface area contributed by atoms with Crippen LogP contribution < -0.4 is 5.56 Å². The fraction of sp³-hybridized carbons (Fsp3) is 0.130. The van der Waals surface area contributed by atoms with Gasteiger partial charge in [0.15, 0.2) is 0 Å². The monoisotopic (exact) mass is 479 g/mol. The Morgan fingerprint density at radius 3 is 2.74 bits per heavy atom.